The monoisotopic (exact) mass is 343 g/mol. The van der Waals surface area contributed by atoms with Crippen molar-refractivity contribution in [1.82, 2.24) is 15.2 Å². The van der Waals surface area contributed by atoms with Gasteiger partial charge in [0.2, 0.25) is 17.0 Å². The Kier molecular flexibility index (Phi) is 3.92. The molecule has 6 nitrogen and oxygen atoms in total. The number of para-hydroxylation sites is 1. The molecule has 1 aromatic heterocycles. The second-order valence-electron chi connectivity index (χ2n) is 4.90. The lowest BCUT2D eigenvalue weighted by atomic mass is 10.1. The lowest BCUT2D eigenvalue weighted by Gasteiger charge is -2.21. The Balaban J connectivity index is 1.82. The van der Waals surface area contributed by atoms with Crippen LogP contribution >= 0.6 is 11.8 Å². The predicted octanol–water partition coefficient (Wildman–Crippen LogP) is 2.30. The molecule has 1 atom stereocenters. The molecule has 0 bridgehead atoms. The van der Waals surface area contributed by atoms with Crippen molar-refractivity contribution < 1.29 is 18.0 Å². The van der Waals surface area contributed by atoms with Crippen molar-refractivity contribution >= 4 is 29.3 Å². The Morgan fingerprint density at radius 2 is 2.09 bits per heavy atom. The van der Waals surface area contributed by atoms with Gasteiger partial charge in [0, 0.05) is 6.54 Å². The summed E-state index contributed by atoms with van der Waals surface area (Å²) >= 11 is 1.09. The molecule has 0 aliphatic carbocycles. The fraction of sp³-hybridized carbons (Fsp3) is 0.308. The minimum Gasteiger partial charge on any atom is -0.368 e. The van der Waals surface area contributed by atoms with E-state index in [4.69, 9.17) is 5.73 Å². The van der Waals surface area contributed by atoms with E-state index in [9.17, 15) is 18.0 Å². The van der Waals surface area contributed by atoms with Crippen LogP contribution < -0.4 is 10.6 Å². The van der Waals surface area contributed by atoms with E-state index in [0.29, 0.717) is 11.6 Å². The molecule has 0 radical (unpaired) electrons. The van der Waals surface area contributed by atoms with Gasteiger partial charge >= 0.3 is 6.18 Å². The van der Waals surface area contributed by atoms with Gasteiger partial charge in [-0.3, -0.25) is 4.79 Å². The highest BCUT2D eigenvalue weighted by molar-refractivity contribution is 8.00. The van der Waals surface area contributed by atoms with Gasteiger partial charge in [-0.05, 0) is 18.6 Å². The third-order valence-electron chi connectivity index (χ3n) is 3.39. The minimum atomic E-state index is -4.51. The number of nitrogen functional groups attached to an aromatic ring is 1. The quantitative estimate of drug-likeness (QED) is 0.893. The number of rotatable bonds is 3. The molecule has 1 aromatic carbocycles. The molecule has 1 amide bonds. The van der Waals surface area contributed by atoms with Gasteiger partial charge in [0.15, 0.2) is 0 Å². The number of carbonyl (C=O) groups excluding carboxylic acids is 1. The summed E-state index contributed by atoms with van der Waals surface area (Å²) in [6.45, 7) is 0.212. The number of hydrogen-bond acceptors (Lipinski definition) is 5. The van der Waals surface area contributed by atoms with Crippen molar-refractivity contribution in [2.45, 2.75) is 23.0 Å². The van der Waals surface area contributed by atoms with Gasteiger partial charge < -0.3 is 10.6 Å². The number of halogens is 3. The molecule has 0 saturated carbocycles. The number of thioether (sulfide) groups is 1. The summed E-state index contributed by atoms with van der Waals surface area (Å²) in [6, 6.07) is 5.06. The van der Waals surface area contributed by atoms with Crippen LogP contribution in [0.3, 0.4) is 0 Å². The maximum absolute atomic E-state index is 13.1. The molecule has 1 aliphatic heterocycles. The average Bonchev–Trinajstić information content (AvgIpc) is 3.06. The zero-order valence-electron chi connectivity index (χ0n) is 11.7. The van der Waals surface area contributed by atoms with Crippen LogP contribution in [-0.2, 0) is 11.0 Å². The zero-order valence-corrected chi connectivity index (χ0v) is 12.5. The number of H-pyrrole nitrogens is 1. The smallest absolute Gasteiger partial charge is 0.368 e. The van der Waals surface area contributed by atoms with Crippen LogP contribution in [0.4, 0.5) is 24.8 Å². The van der Waals surface area contributed by atoms with Crippen LogP contribution in [0.1, 0.15) is 12.0 Å². The van der Waals surface area contributed by atoms with Crippen LogP contribution in [0, 0.1) is 0 Å². The third-order valence-corrected chi connectivity index (χ3v) is 4.50. The highest BCUT2D eigenvalue weighted by atomic mass is 32.2. The SMILES string of the molecule is Nc1nc(S[C@@H]2CCN(c3ccccc3C(F)(F)F)C2=O)n[nH]1. The van der Waals surface area contributed by atoms with E-state index in [2.05, 4.69) is 15.2 Å². The Labute approximate surface area is 133 Å². The van der Waals surface area contributed by atoms with Gasteiger partial charge in [0.05, 0.1) is 16.5 Å². The first-order chi connectivity index (χ1) is 10.9. The van der Waals surface area contributed by atoms with Crippen LogP contribution in [0.15, 0.2) is 29.4 Å². The number of nitrogens with two attached hydrogens (primary N) is 1. The standard InChI is InChI=1S/C13H12F3N5OS/c14-13(15,16)7-3-1-2-4-8(7)21-6-5-9(10(21)22)23-12-18-11(17)19-20-12/h1-4,9H,5-6H2,(H3,17,18,19,20)/t9-/m1/s1. The summed E-state index contributed by atoms with van der Waals surface area (Å²) in [5.41, 5.74) is 4.47. The molecule has 1 saturated heterocycles. The molecule has 1 fully saturated rings. The highest BCUT2D eigenvalue weighted by Gasteiger charge is 2.40. The number of aromatic nitrogens is 3. The van der Waals surface area contributed by atoms with Crippen molar-refractivity contribution in [1.29, 1.82) is 0 Å². The molecule has 10 heteroatoms. The van der Waals surface area contributed by atoms with Crippen LogP contribution in [0.2, 0.25) is 0 Å². The normalized spacial score (nSPS) is 18.7. The van der Waals surface area contributed by atoms with Gasteiger partial charge in [-0.1, -0.05) is 23.9 Å². The highest BCUT2D eigenvalue weighted by Crippen LogP contribution is 2.39. The number of hydrogen-bond donors (Lipinski definition) is 2. The van der Waals surface area contributed by atoms with Gasteiger partial charge in [-0.2, -0.15) is 18.2 Å². The van der Waals surface area contributed by atoms with Crippen molar-refractivity contribution in [2.75, 3.05) is 17.2 Å². The average molecular weight is 343 g/mol. The number of amides is 1. The van der Waals surface area contributed by atoms with Crippen molar-refractivity contribution in [3.05, 3.63) is 29.8 Å². The van der Waals surface area contributed by atoms with Gasteiger partial charge in [0.1, 0.15) is 0 Å². The van der Waals surface area contributed by atoms with Gasteiger partial charge in [0.25, 0.3) is 0 Å². The number of alkyl halides is 3. The minimum absolute atomic E-state index is 0.122. The van der Waals surface area contributed by atoms with E-state index >= 15 is 0 Å². The molecular formula is C13H12F3N5OS. The molecule has 122 valence electrons. The zero-order chi connectivity index (χ0) is 16.6. The summed E-state index contributed by atoms with van der Waals surface area (Å²) in [6.07, 6.45) is -4.11. The fourth-order valence-electron chi connectivity index (χ4n) is 2.39. The fourth-order valence-corrected chi connectivity index (χ4v) is 3.34. The molecule has 2 heterocycles. The topological polar surface area (TPSA) is 87.9 Å². The second-order valence-corrected chi connectivity index (χ2v) is 6.07. The Morgan fingerprint density at radius 3 is 2.74 bits per heavy atom. The molecule has 1 aliphatic rings. The number of aromatic amines is 1. The third kappa shape index (κ3) is 3.11. The van der Waals surface area contributed by atoms with E-state index in [1.807, 2.05) is 0 Å². The van der Waals surface area contributed by atoms with Crippen molar-refractivity contribution in [3.8, 4) is 0 Å². The lowest BCUT2D eigenvalue weighted by molar-refractivity contribution is -0.137. The molecule has 3 rings (SSSR count). The maximum atomic E-state index is 13.1. The molecular weight excluding hydrogens is 331 g/mol. The molecule has 23 heavy (non-hydrogen) atoms. The Morgan fingerprint density at radius 1 is 1.35 bits per heavy atom. The second kappa shape index (κ2) is 5.76. The van der Waals surface area contributed by atoms with E-state index < -0.39 is 22.9 Å². The number of carbonyl (C=O) groups is 1. The molecule has 0 unspecified atom stereocenters. The van der Waals surface area contributed by atoms with Crippen molar-refractivity contribution in [2.24, 2.45) is 0 Å². The predicted molar refractivity (Wildman–Crippen MR) is 78.9 cm³/mol. The first-order valence-corrected chi connectivity index (χ1v) is 7.56. The first kappa shape index (κ1) is 15.7. The van der Waals surface area contributed by atoms with Crippen LogP contribution in [-0.4, -0.2) is 32.9 Å². The van der Waals surface area contributed by atoms with Gasteiger partial charge in [-0.25, -0.2) is 5.10 Å². The largest absolute Gasteiger partial charge is 0.418 e. The van der Waals surface area contributed by atoms with E-state index in [1.165, 1.54) is 18.2 Å². The number of benzene rings is 1. The summed E-state index contributed by atoms with van der Waals surface area (Å²) in [5, 5.41) is 6.03. The maximum Gasteiger partial charge on any atom is 0.418 e. The summed E-state index contributed by atoms with van der Waals surface area (Å²) in [5.74, 6) is -0.271. The Hall–Kier alpha value is -2.23. The summed E-state index contributed by atoms with van der Waals surface area (Å²) in [4.78, 5) is 17.5. The molecule has 3 N–H and O–H groups in total. The van der Waals surface area contributed by atoms with Crippen LogP contribution in [0.5, 0.6) is 0 Å². The van der Waals surface area contributed by atoms with Crippen LogP contribution in [0.25, 0.3) is 0 Å². The molecule has 2 aromatic rings. The number of nitrogens with zero attached hydrogens (tertiary/aromatic N) is 3. The number of nitrogens with one attached hydrogen (secondary N) is 1. The number of anilines is 2. The van der Waals surface area contributed by atoms with Gasteiger partial charge in [-0.15, -0.1) is 5.10 Å². The van der Waals surface area contributed by atoms with Crippen molar-refractivity contribution in [3.63, 3.8) is 0 Å². The Bertz CT molecular complexity index is 732. The first-order valence-electron chi connectivity index (χ1n) is 6.68. The van der Waals surface area contributed by atoms with E-state index in [1.54, 1.807) is 0 Å². The molecule has 0 spiro atoms. The summed E-state index contributed by atoms with van der Waals surface area (Å²) < 4.78 is 39.3. The van der Waals surface area contributed by atoms with E-state index in [0.717, 1.165) is 22.7 Å². The van der Waals surface area contributed by atoms with E-state index in [-0.39, 0.29) is 18.2 Å². The summed E-state index contributed by atoms with van der Waals surface area (Å²) in [7, 11) is 0. The lowest BCUT2D eigenvalue weighted by Crippen LogP contribution is -2.30.